The summed E-state index contributed by atoms with van der Waals surface area (Å²) in [5.74, 6) is 0.782. The minimum atomic E-state index is -0.121. The number of hydrogen-bond donors (Lipinski definition) is 3. The van der Waals surface area contributed by atoms with Crippen LogP contribution < -0.4 is 20.7 Å². The van der Waals surface area contributed by atoms with Crippen molar-refractivity contribution in [2.75, 3.05) is 19.7 Å². The summed E-state index contributed by atoms with van der Waals surface area (Å²) in [7, 11) is 0. The van der Waals surface area contributed by atoms with E-state index in [0.29, 0.717) is 38.6 Å². The number of carbonyl (C=O) groups excluding carboxylic acids is 2. The van der Waals surface area contributed by atoms with Gasteiger partial charge in [-0.05, 0) is 38.3 Å². The quantitative estimate of drug-likeness (QED) is 0.592. The molecule has 0 aromatic heterocycles. The van der Waals surface area contributed by atoms with Gasteiger partial charge in [0, 0.05) is 19.0 Å². The number of urea groups is 1. The molecule has 0 atom stereocenters. The van der Waals surface area contributed by atoms with Crippen molar-refractivity contribution in [1.82, 2.24) is 16.0 Å². The van der Waals surface area contributed by atoms with Gasteiger partial charge in [-0.15, -0.1) is 0 Å². The third kappa shape index (κ3) is 8.23. The molecule has 3 N–H and O–H groups in total. The first-order valence-electron chi connectivity index (χ1n) is 9.64. The van der Waals surface area contributed by atoms with Crippen molar-refractivity contribution >= 4 is 11.9 Å². The Balaban J connectivity index is 1.45. The zero-order valence-corrected chi connectivity index (χ0v) is 15.7. The Hall–Kier alpha value is -2.24. The monoisotopic (exact) mass is 361 g/mol. The summed E-state index contributed by atoms with van der Waals surface area (Å²) in [6.07, 6.45) is 6.82. The molecular weight excluding hydrogens is 330 g/mol. The van der Waals surface area contributed by atoms with Crippen molar-refractivity contribution < 1.29 is 14.3 Å². The Labute approximate surface area is 156 Å². The SMILES string of the molecule is Cc1ccc(OCCNC(=O)CCCNC(=O)NC2CCCCC2)cc1. The molecule has 6 heteroatoms. The molecule has 1 aromatic carbocycles. The van der Waals surface area contributed by atoms with Gasteiger partial charge in [0.05, 0.1) is 6.54 Å². The van der Waals surface area contributed by atoms with Crippen molar-refractivity contribution in [2.45, 2.75) is 57.9 Å². The average Bonchev–Trinajstić information content (AvgIpc) is 2.65. The van der Waals surface area contributed by atoms with Gasteiger partial charge in [-0.25, -0.2) is 4.79 Å². The van der Waals surface area contributed by atoms with Crippen molar-refractivity contribution in [1.29, 1.82) is 0 Å². The standard InChI is InChI=1S/C20H31N3O3/c1-16-9-11-18(12-10-16)26-15-14-21-19(24)8-5-13-22-20(25)23-17-6-3-2-4-7-17/h9-12,17H,2-8,13-15H2,1H3,(H,21,24)(H2,22,23,25). The second-order valence-corrected chi connectivity index (χ2v) is 6.85. The third-order valence-electron chi connectivity index (χ3n) is 4.52. The van der Waals surface area contributed by atoms with E-state index in [4.69, 9.17) is 4.74 Å². The highest BCUT2D eigenvalue weighted by atomic mass is 16.5. The van der Waals surface area contributed by atoms with Crippen LogP contribution in [0.2, 0.25) is 0 Å². The van der Waals surface area contributed by atoms with Gasteiger partial charge >= 0.3 is 6.03 Å². The first kappa shape index (κ1) is 20.1. The van der Waals surface area contributed by atoms with E-state index in [1.165, 1.54) is 24.8 Å². The van der Waals surface area contributed by atoms with Crippen LogP contribution in [-0.2, 0) is 4.79 Å². The smallest absolute Gasteiger partial charge is 0.315 e. The van der Waals surface area contributed by atoms with Gasteiger partial charge in [-0.1, -0.05) is 37.0 Å². The van der Waals surface area contributed by atoms with Crippen LogP contribution in [0.25, 0.3) is 0 Å². The molecule has 26 heavy (non-hydrogen) atoms. The van der Waals surface area contributed by atoms with E-state index in [0.717, 1.165) is 18.6 Å². The maximum atomic E-state index is 11.8. The van der Waals surface area contributed by atoms with E-state index in [-0.39, 0.29) is 11.9 Å². The highest BCUT2D eigenvalue weighted by Gasteiger charge is 2.15. The average molecular weight is 361 g/mol. The first-order valence-corrected chi connectivity index (χ1v) is 9.64. The molecule has 1 saturated carbocycles. The lowest BCUT2D eigenvalue weighted by atomic mass is 9.96. The Morgan fingerprint density at radius 2 is 1.77 bits per heavy atom. The van der Waals surface area contributed by atoms with E-state index >= 15 is 0 Å². The van der Waals surface area contributed by atoms with Gasteiger partial charge in [-0.2, -0.15) is 0 Å². The van der Waals surface area contributed by atoms with Crippen LogP contribution in [0, 0.1) is 6.92 Å². The number of ether oxygens (including phenoxy) is 1. The van der Waals surface area contributed by atoms with Gasteiger partial charge in [-0.3, -0.25) is 4.79 Å². The normalized spacial score (nSPS) is 14.5. The molecule has 1 fully saturated rings. The summed E-state index contributed by atoms with van der Waals surface area (Å²) in [6.45, 7) is 3.45. The predicted molar refractivity (Wildman–Crippen MR) is 102 cm³/mol. The zero-order valence-electron chi connectivity index (χ0n) is 15.7. The number of carbonyl (C=O) groups is 2. The summed E-state index contributed by atoms with van der Waals surface area (Å²) in [6, 6.07) is 8.00. The summed E-state index contributed by atoms with van der Waals surface area (Å²) >= 11 is 0. The van der Waals surface area contributed by atoms with E-state index in [2.05, 4.69) is 16.0 Å². The van der Waals surface area contributed by atoms with Crippen molar-refractivity contribution in [3.05, 3.63) is 29.8 Å². The van der Waals surface area contributed by atoms with Crippen LogP contribution in [0.3, 0.4) is 0 Å². The Kier molecular flexibility index (Phi) is 8.79. The van der Waals surface area contributed by atoms with E-state index in [1.807, 2.05) is 31.2 Å². The third-order valence-corrected chi connectivity index (χ3v) is 4.52. The fraction of sp³-hybridized carbons (Fsp3) is 0.600. The molecule has 1 aliphatic rings. The second kappa shape index (κ2) is 11.4. The van der Waals surface area contributed by atoms with Crippen molar-refractivity contribution in [3.63, 3.8) is 0 Å². The van der Waals surface area contributed by atoms with Gasteiger partial charge < -0.3 is 20.7 Å². The number of nitrogens with one attached hydrogen (secondary N) is 3. The number of rotatable bonds is 9. The molecule has 0 unspecified atom stereocenters. The summed E-state index contributed by atoms with van der Waals surface area (Å²) in [5, 5.41) is 8.65. The van der Waals surface area contributed by atoms with Crippen molar-refractivity contribution in [2.24, 2.45) is 0 Å². The molecule has 0 heterocycles. The second-order valence-electron chi connectivity index (χ2n) is 6.85. The number of benzene rings is 1. The van der Waals surface area contributed by atoms with Gasteiger partial charge in [0.25, 0.3) is 0 Å². The summed E-state index contributed by atoms with van der Waals surface area (Å²) < 4.78 is 5.56. The topological polar surface area (TPSA) is 79.5 Å². The minimum Gasteiger partial charge on any atom is -0.492 e. The van der Waals surface area contributed by atoms with Crippen LogP contribution in [0.5, 0.6) is 5.75 Å². The molecule has 0 saturated heterocycles. The van der Waals surface area contributed by atoms with Crippen molar-refractivity contribution in [3.8, 4) is 5.75 Å². The molecule has 6 nitrogen and oxygen atoms in total. The molecule has 0 spiro atoms. The lowest BCUT2D eigenvalue weighted by Gasteiger charge is -2.22. The number of amides is 3. The van der Waals surface area contributed by atoms with Gasteiger partial charge in [0.1, 0.15) is 12.4 Å². The number of aryl methyl sites for hydroxylation is 1. The van der Waals surface area contributed by atoms with Crippen LogP contribution in [0.4, 0.5) is 4.79 Å². The summed E-state index contributed by atoms with van der Waals surface area (Å²) in [5.41, 5.74) is 1.19. The molecule has 0 bridgehead atoms. The van der Waals surface area contributed by atoms with E-state index < -0.39 is 0 Å². The molecule has 0 radical (unpaired) electrons. The van der Waals surface area contributed by atoms with Crippen LogP contribution >= 0.6 is 0 Å². The predicted octanol–water partition coefficient (Wildman–Crippen LogP) is 2.90. The lowest BCUT2D eigenvalue weighted by molar-refractivity contribution is -0.121. The Bertz CT molecular complexity index is 554. The lowest BCUT2D eigenvalue weighted by Crippen LogP contribution is -2.43. The zero-order chi connectivity index (χ0) is 18.6. The molecule has 3 amide bonds. The summed E-state index contributed by atoms with van der Waals surface area (Å²) in [4.78, 5) is 23.5. The van der Waals surface area contributed by atoms with E-state index in [9.17, 15) is 9.59 Å². The largest absolute Gasteiger partial charge is 0.492 e. The fourth-order valence-electron chi connectivity index (χ4n) is 3.02. The maximum Gasteiger partial charge on any atom is 0.315 e. The Morgan fingerprint density at radius 3 is 2.50 bits per heavy atom. The fourth-order valence-corrected chi connectivity index (χ4v) is 3.02. The van der Waals surface area contributed by atoms with Gasteiger partial charge in [0.15, 0.2) is 0 Å². The molecular formula is C20H31N3O3. The first-order chi connectivity index (χ1) is 12.6. The maximum absolute atomic E-state index is 11.8. The van der Waals surface area contributed by atoms with Gasteiger partial charge in [0.2, 0.25) is 5.91 Å². The molecule has 144 valence electrons. The number of hydrogen-bond acceptors (Lipinski definition) is 3. The Morgan fingerprint density at radius 1 is 1.04 bits per heavy atom. The minimum absolute atomic E-state index is 0.0213. The molecule has 2 rings (SSSR count). The van der Waals surface area contributed by atoms with Crippen LogP contribution in [-0.4, -0.2) is 37.7 Å². The molecule has 1 aliphatic carbocycles. The molecule has 0 aliphatic heterocycles. The molecule has 1 aromatic rings. The highest BCUT2D eigenvalue weighted by molar-refractivity contribution is 5.76. The van der Waals surface area contributed by atoms with E-state index in [1.54, 1.807) is 0 Å². The highest BCUT2D eigenvalue weighted by Crippen LogP contribution is 2.17. The van der Waals surface area contributed by atoms with Crippen LogP contribution in [0.1, 0.15) is 50.5 Å². The van der Waals surface area contributed by atoms with Crippen LogP contribution in [0.15, 0.2) is 24.3 Å².